The van der Waals surface area contributed by atoms with Gasteiger partial charge in [-0.15, -0.1) is 0 Å². The molecule has 78 valence electrons. The van der Waals surface area contributed by atoms with Gasteiger partial charge in [0.1, 0.15) is 0 Å². The Kier molecular flexibility index (Phi) is 6.54. The number of rotatable bonds is 7. The predicted molar refractivity (Wildman–Crippen MR) is 52.8 cm³/mol. The predicted octanol–water partition coefficient (Wildman–Crippen LogP) is 0.248. The number of nitrogens with zero attached hydrogens (tertiary/aromatic N) is 1. The van der Waals surface area contributed by atoms with Crippen molar-refractivity contribution in [3.63, 3.8) is 0 Å². The number of carboxylic acids is 1. The summed E-state index contributed by atoms with van der Waals surface area (Å²) in [6.07, 6.45) is 0.685. The lowest BCUT2D eigenvalue weighted by Gasteiger charge is -2.13. The van der Waals surface area contributed by atoms with Crippen LogP contribution in [0.25, 0.3) is 0 Å². The van der Waals surface area contributed by atoms with Gasteiger partial charge in [0, 0.05) is 19.6 Å². The maximum absolute atomic E-state index is 10.6. The Morgan fingerprint density at radius 1 is 1.54 bits per heavy atom. The van der Waals surface area contributed by atoms with E-state index in [1.165, 1.54) is 0 Å². The van der Waals surface area contributed by atoms with Crippen LogP contribution in [0.15, 0.2) is 0 Å². The first-order chi connectivity index (χ1) is 6.07. The van der Waals surface area contributed by atoms with Crippen molar-refractivity contribution in [3.05, 3.63) is 0 Å². The molecule has 0 fully saturated rings. The molecule has 0 spiro atoms. The molecule has 0 aliphatic rings. The molecule has 0 aromatic heterocycles. The minimum absolute atomic E-state index is 0.248. The molecule has 0 bridgehead atoms. The second-order valence-electron chi connectivity index (χ2n) is 3.45. The number of hydrogen-bond acceptors (Lipinski definition) is 3. The highest BCUT2D eigenvalue weighted by molar-refractivity contribution is 5.70. The molecule has 0 aromatic carbocycles. The van der Waals surface area contributed by atoms with Crippen molar-refractivity contribution in [2.24, 2.45) is 5.92 Å². The van der Waals surface area contributed by atoms with Crippen LogP contribution in [0.4, 0.5) is 0 Å². The highest BCUT2D eigenvalue weighted by atomic mass is 16.4. The molecule has 0 saturated heterocycles. The lowest BCUT2D eigenvalue weighted by atomic mass is 10.1. The highest BCUT2D eigenvalue weighted by Crippen LogP contribution is 1.99. The van der Waals surface area contributed by atoms with Crippen LogP contribution < -0.4 is 5.32 Å². The van der Waals surface area contributed by atoms with Crippen molar-refractivity contribution in [2.45, 2.75) is 13.3 Å². The highest BCUT2D eigenvalue weighted by Gasteiger charge is 2.13. The van der Waals surface area contributed by atoms with Crippen molar-refractivity contribution in [1.29, 1.82) is 0 Å². The summed E-state index contributed by atoms with van der Waals surface area (Å²) in [5.74, 6) is -0.956. The van der Waals surface area contributed by atoms with Gasteiger partial charge >= 0.3 is 5.97 Å². The molecule has 2 N–H and O–H groups in total. The number of likely N-dealkylation sites (N-methyl/N-ethyl adjacent to an activating group) is 1. The topological polar surface area (TPSA) is 52.6 Å². The minimum Gasteiger partial charge on any atom is -0.481 e. The standard InChI is InChI=1S/C9H20N2O2/c1-4-8(9(12)13)7-10-5-6-11(2)3/h8,10H,4-7H2,1-3H3,(H,12,13). The van der Waals surface area contributed by atoms with Gasteiger partial charge in [0.05, 0.1) is 5.92 Å². The van der Waals surface area contributed by atoms with Crippen molar-refractivity contribution < 1.29 is 9.90 Å². The van der Waals surface area contributed by atoms with E-state index in [1.54, 1.807) is 0 Å². The third-order valence-corrected chi connectivity index (χ3v) is 1.97. The first-order valence-electron chi connectivity index (χ1n) is 4.66. The quantitative estimate of drug-likeness (QED) is 0.562. The number of carbonyl (C=O) groups is 1. The van der Waals surface area contributed by atoms with Gasteiger partial charge in [0.15, 0.2) is 0 Å². The Bertz CT molecular complexity index is 149. The lowest BCUT2D eigenvalue weighted by Crippen LogP contribution is -2.32. The van der Waals surface area contributed by atoms with E-state index in [2.05, 4.69) is 10.2 Å². The third kappa shape index (κ3) is 6.54. The van der Waals surface area contributed by atoms with Gasteiger partial charge in [-0.25, -0.2) is 0 Å². The summed E-state index contributed by atoms with van der Waals surface area (Å²) in [6, 6.07) is 0. The Morgan fingerprint density at radius 2 is 2.15 bits per heavy atom. The van der Waals surface area contributed by atoms with Gasteiger partial charge in [0.25, 0.3) is 0 Å². The van der Waals surface area contributed by atoms with E-state index < -0.39 is 5.97 Å². The van der Waals surface area contributed by atoms with Gasteiger partial charge in [-0.3, -0.25) is 4.79 Å². The van der Waals surface area contributed by atoms with Crippen molar-refractivity contribution in [2.75, 3.05) is 33.7 Å². The van der Waals surface area contributed by atoms with E-state index >= 15 is 0 Å². The zero-order valence-electron chi connectivity index (χ0n) is 8.71. The average molecular weight is 188 g/mol. The van der Waals surface area contributed by atoms with E-state index in [0.29, 0.717) is 13.0 Å². The van der Waals surface area contributed by atoms with E-state index in [9.17, 15) is 4.79 Å². The zero-order valence-corrected chi connectivity index (χ0v) is 8.71. The van der Waals surface area contributed by atoms with Crippen molar-refractivity contribution >= 4 is 5.97 Å². The first kappa shape index (κ1) is 12.4. The van der Waals surface area contributed by atoms with Crippen LogP contribution in [0.5, 0.6) is 0 Å². The average Bonchev–Trinajstić information content (AvgIpc) is 2.03. The third-order valence-electron chi connectivity index (χ3n) is 1.97. The number of hydrogen-bond donors (Lipinski definition) is 2. The molecule has 1 atom stereocenters. The number of aliphatic carboxylic acids is 1. The first-order valence-corrected chi connectivity index (χ1v) is 4.66. The minimum atomic E-state index is -0.708. The van der Waals surface area contributed by atoms with Crippen LogP contribution in [0.3, 0.4) is 0 Å². The Balaban J connectivity index is 3.44. The van der Waals surface area contributed by atoms with E-state index in [0.717, 1.165) is 13.1 Å². The monoisotopic (exact) mass is 188 g/mol. The van der Waals surface area contributed by atoms with Crippen LogP contribution in [0, 0.1) is 5.92 Å². The van der Waals surface area contributed by atoms with Crippen LogP contribution in [0.2, 0.25) is 0 Å². The molecule has 0 radical (unpaired) electrons. The molecule has 0 saturated carbocycles. The maximum Gasteiger partial charge on any atom is 0.307 e. The summed E-state index contributed by atoms with van der Waals surface area (Å²) in [6.45, 7) is 4.25. The fourth-order valence-corrected chi connectivity index (χ4v) is 0.985. The lowest BCUT2D eigenvalue weighted by molar-refractivity contribution is -0.141. The van der Waals surface area contributed by atoms with E-state index in [1.807, 2.05) is 21.0 Å². The molecule has 0 rings (SSSR count). The SMILES string of the molecule is CCC(CNCCN(C)C)C(=O)O. The van der Waals surface area contributed by atoms with Crippen LogP contribution in [-0.4, -0.2) is 49.7 Å². The van der Waals surface area contributed by atoms with Crippen LogP contribution >= 0.6 is 0 Å². The normalized spacial score (nSPS) is 13.2. The smallest absolute Gasteiger partial charge is 0.307 e. The summed E-state index contributed by atoms with van der Waals surface area (Å²) in [4.78, 5) is 12.7. The Labute approximate surface area is 79.9 Å². The van der Waals surface area contributed by atoms with E-state index in [-0.39, 0.29) is 5.92 Å². The zero-order chi connectivity index (χ0) is 10.3. The summed E-state index contributed by atoms with van der Waals surface area (Å²) < 4.78 is 0. The van der Waals surface area contributed by atoms with Crippen LogP contribution in [-0.2, 0) is 4.79 Å². The second kappa shape index (κ2) is 6.86. The largest absolute Gasteiger partial charge is 0.481 e. The second-order valence-corrected chi connectivity index (χ2v) is 3.45. The Morgan fingerprint density at radius 3 is 2.54 bits per heavy atom. The molecule has 4 nitrogen and oxygen atoms in total. The maximum atomic E-state index is 10.6. The van der Waals surface area contributed by atoms with Gasteiger partial charge in [-0.05, 0) is 20.5 Å². The molecular weight excluding hydrogens is 168 g/mol. The van der Waals surface area contributed by atoms with Gasteiger partial charge in [-0.1, -0.05) is 6.92 Å². The molecule has 1 unspecified atom stereocenters. The molecule has 4 heteroatoms. The summed E-state index contributed by atoms with van der Waals surface area (Å²) >= 11 is 0. The summed E-state index contributed by atoms with van der Waals surface area (Å²) in [5, 5.41) is 11.9. The molecule has 0 aliphatic carbocycles. The molecular formula is C9H20N2O2. The number of nitrogens with one attached hydrogen (secondary N) is 1. The summed E-state index contributed by atoms with van der Waals surface area (Å²) in [7, 11) is 3.99. The molecule has 0 amide bonds. The molecule has 0 aromatic rings. The molecule has 13 heavy (non-hydrogen) atoms. The van der Waals surface area contributed by atoms with Gasteiger partial charge in [0.2, 0.25) is 0 Å². The fraction of sp³-hybridized carbons (Fsp3) is 0.889. The fourth-order valence-electron chi connectivity index (χ4n) is 0.985. The van der Waals surface area contributed by atoms with Crippen LogP contribution in [0.1, 0.15) is 13.3 Å². The molecule has 0 heterocycles. The number of carboxylic acid groups (broad SMARTS) is 1. The van der Waals surface area contributed by atoms with Gasteiger partial charge < -0.3 is 15.3 Å². The van der Waals surface area contributed by atoms with Crippen molar-refractivity contribution in [1.82, 2.24) is 10.2 Å². The molecule has 0 aliphatic heterocycles. The van der Waals surface area contributed by atoms with Gasteiger partial charge in [-0.2, -0.15) is 0 Å². The summed E-state index contributed by atoms with van der Waals surface area (Å²) in [5.41, 5.74) is 0. The van der Waals surface area contributed by atoms with Crippen molar-refractivity contribution in [3.8, 4) is 0 Å². The Hall–Kier alpha value is -0.610. The van der Waals surface area contributed by atoms with E-state index in [4.69, 9.17) is 5.11 Å².